The summed E-state index contributed by atoms with van der Waals surface area (Å²) in [4.78, 5) is 11.9. The SMILES string of the molecule is Cc1cc(CNC(=O)CSC2CCNCC2)cc(C)c1F. The molecular formula is C16H23FN2OS. The second kappa shape index (κ2) is 7.80. The van der Waals surface area contributed by atoms with Crippen molar-refractivity contribution in [3.05, 3.63) is 34.6 Å². The zero-order valence-electron chi connectivity index (χ0n) is 12.7. The summed E-state index contributed by atoms with van der Waals surface area (Å²) in [5.74, 6) is 0.397. The molecule has 1 fully saturated rings. The van der Waals surface area contributed by atoms with E-state index in [0.717, 1.165) is 31.5 Å². The van der Waals surface area contributed by atoms with E-state index < -0.39 is 0 Å². The number of nitrogens with one attached hydrogen (secondary N) is 2. The molecule has 0 radical (unpaired) electrons. The molecule has 1 aliphatic rings. The van der Waals surface area contributed by atoms with Crippen LogP contribution in [0, 0.1) is 19.7 Å². The van der Waals surface area contributed by atoms with Crippen LogP contribution >= 0.6 is 11.8 Å². The first kappa shape index (κ1) is 16.3. The third kappa shape index (κ3) is 5.00. The van der Waals surface area contributed by atoms with Gasteiger partial charge >= 0.3 is 0 Å². The van der Waals surface area contributed by atoms with E-state index in [9.17, 15) is 9.18 Å². The lowest BCUT2D eigenvalue weighted by atomic mass is 10.1. The van der Waals surface area contributed by atoms with E-state index in [1.54, 1.807) is 37.7 Å². The van der Waals surface area contributed by atoms with Crippen molar-refractivity contribution in [1.29, 1.82) is 0 Å². The summed E-state index contributed by atoms with van der Waals surface area (Å²) in [5.41, 5.74) is 2.21. The predicted molar refractivity (Wildman–Crippen MR) is 86.1 cm³/mol. The summed E-state index contributed by atoms with van der Waals surface area (Å²) < 4.78 is 13.5. The van der Waals surface area contributed by atoms with Crippen LogP contribution in [0.5, 0.6) is 0 Å². The molecule has 1 aromatic rings. The first-order valence-electron chi connectivity index (χ1n) is 7.41. The van der Waals surface area contributed by atoms with Crippen LogP contribution in [0.3, 0.4) is 0 Å². The highest BCUT2D eigenvalue weighted by Crippen LogP contribution is 2.20. The normalized spacial score (nSPS) is 16.0. The van der Waals surface area contributed by atoms with Crippen LogP contribution in [0.25, 0.3) is 0 Å². The number of hydrogen-bond acceptors (Lipinski definition) is 3. The van der Waals surface area contributed by atoms with Crippen LogP contribution in [0.15, 0.2) is 12.1 Å². The average Bonchev–Trinajstić information content (AvgIpc) is 2.49. The molecule has 0 aliphatic carbocycles. The highest BCUT2D eigenvalue weighted by atomic mass is 32.2. The number of aryl methyl sites for hydroxylation is 2. The van der Waals surface area contributed by atoms with Gasteiger partial charge < -0.3 is 10.6 Å². The molecule has 1 saturated heterocycles. The maximum absolute atomic E-state index is 13.5. The van der Waals surface area contributed by atoms with Gasteiger partial charge in [0.25, 0.3) is 0 Å². The van der Waals surface area contributed by atoms with Crippen molar-refractivity contribution in [2.75, 3.05) is 18.8 Å². The third-order valence-electron chi connectivity index (χ3n) is 3.72. The monoisotopic (exact) mass is 310 g/mol. The highest BCUT2D eigenvalue weighted by molar-refractivity contribution is 8.00. The number of piperidine rings is 1. The second-order valence-corrected chi connectivity index (χ2v) is 6.87. The quantitative estimate of drug-likeness (QED) is 0.878. The molecule has 5 heteroatoms. The number of carbonyl (C=O) groups is 1. The van der Waals surface area contributed by atoms with Gasteiger partial charge in [0, 0.05) is 11.8 Å². The summed E-state index contributed by atoms with van der Waals surface area (Å²) in [6.45, 7) is 6.07. The van der Waals surface area contributed by atoms with Gasteiger partial charge in [-0.15, -0.1) is 11.8 Å². The van der Waals surface area contributed by atoms with Gasteiger partial charge in [0.1, 0.15) is 5.82 Å². The molecule has 0 spiro atoms. The van der Waals surface area contributed by atoms with Crippen LogP contribution in [-0.2, 0) is 11.3 Å². The first-order chi connectivity index (χ1) is 10.1. The molecule has 2 rings (SSSR count). The molecule has 1 aromatic carbocycles. The van der Waals surface area contributed by atoms with Crippen molar-refractivity contribution in [2.45, 2.75) is 38.5 Å². The summed E-state index contributed by atoms with van der Waals surface area (Å²) in [7, 11) is 0. The van der Waals surface area contributed by atoms with E-state index in [1.165, 1.54) is 0 Å². The smallest absolute Gasteiger partial charge is 0.230 e. The molecule has 0 unspecified atom stereocenters. The van der Waals surface area contributed by atoms with Crippen molar-refractivity contribution in [3.63, 3.8) is 0 Å². The Morgan fingerprint density at radius 3 is 2.57 bits per heavy atom. The fourth-order valence-electron chi connectivity index (χ4n) is 2.54. The topological polar surface area (TPSA) is 41.1 Å². The van der Waals surface area contributed by atoms with Gasteiger partial charge in [-0.25, -0.2) is 4.39 Å². The summed E-state index contributed by atoms with van der Waals surface area (Å²) in [6.07, 6.45) is 2.27. The minimum absolute atomic E-state index is 0.0539. The van der Waals surface area contributed by atoms with E-state index in [4.69, 9.17) is 0 Å². The molecule has 1 heterocycles. The van der Waals surface area contributed by atoms with Gasteiger partial charge in [0.05, 0.1) is 5.75 Å². The fourth-order valence-corrected chi connectivity index (χ4v) is 3.60. The highest BCUT2D eigenvalue weighted by Gasteiger charge is 2.15. The number of amides is 1. The molecule has 1 aliphatic heterocycles. The number of carbonyl (C=O) groups excluding carboxylic acids is 1. The Kier molecular flexibility index (Phi) is 6.06. The first-order valence-corrected chi connectivity index (χ1v) is 8.46. The number of thioether (sulfide) groups is 1. The van der Waals surface area contributed by atoms with E-state index in [1.807, 2.05) is 0 Å². The number of rotatable bonds is 5. The standard InChI is InChI=1S/C16H23FN2OS/c1-11-7-13(8-12(2)16(11)17)9-19-15(20)10-21-14-3-5-18-6-4-14/h7-8,14,18H,3-6,9-10H2,1-2H3,(H,19,20). The van der Waals surface area contributed by atoms with Crippen LogP contribution in [0.2, 0.25) is 0 Å². The van der Waals surface area contributed by atoms with Crippen LogP contribution < -0.4 is 10.6 Å². The molecular weight excluding hydrogens is 287 g/mol. The maximum atomic E-state index is 13.5. The Hall–Kier alpha value is -1.07. The minimum atomic E-state index is -0.161. The average molecular weight is 310 g/mol. The van der Waals surface area contributed by atoms with Gasteiger partial charge in [-0.1, -0.05) is 12.1 Å². The van der Waals surface area contributed by atoms with Crippen molar-refractivity contribution in [3.8, 4) is 0 Å². The van der Waals surface area contributed by atoms with Crippen LogP contribution in [-0.4, -0.2) is 30.0 Å². The minimum Gasteiger partial charge on any atom is -0.351 e. The maximum Gasteiger partial charge on any atom is 0.230 e. The summed E-state index contributed by atoms with van der Waals surface area (Å²) in [5, 5.41) is 6.82. The van der Waals surface area contributed by atoms with E-state index in [0.29, 0.717) is 28.7 Å². The Balaban J connectivity index is 1.75. The molecule has 3 nitrogen and oxygen atoms in total. The van der Waals surface area contributed by atoms with E-state index in [-0.39, 0.29) is 11.7 Å². The zero-order valence-corrected chi connectivity index (χ0v) is 13.5. The number of benzene rings is 1. The Morgan fingerprint density at radius 1 is 1.33 bits per heavy atom. The van der Waals surface area contributed by atoms with Crippen molar-refractivity contribution in [1.82, 2.24) is 10.6 Å². The summed E-state index contributed by atoms with van der Waals surface area (Å²) in [6, 6.07) is 3.59. The van der Waals surface area contributed by atoms with E-state index in [2.05, 4.69) is 10.6 Å². The van der Waals surface area contributed by atoms with Crippen molar-refractivity contribution in [2.24, 2.45) is 0 Å². The molecule has 1 amide bonds. The van der Waals surface area contributed by atoms with Gasteiger partial charge in [-0.2, -0.15) is 0 Å². The lowest BCUT2D eigenvalue weighted by Gasteiger charge is -2.21. The molecule has 0 atom stereocenters. The number of hydrogen-bond donors (Lipinski definition) is 2. The molecule has 0 aromatic heterocycles. The molecule has 2 N–H and O–H groups in total. The van der Waals surface area contributed by atoms with Crippen LogP contribution in [0.1, 0.15) is 29.5 Å². The third-order valence-corrected chi connectivity index (χ3v) is 5.09. The van der Waals surface area contributed by atoms with Gasteiger partial charge in [0.2, 0.25) is 5.91 Å². The van der Waals surface area contributed by atoms with Gasteiger partial charge in [-0.05, 0) is 56.5 Å². The molecule has 0 saturated carbocycles. The lowest BCUT2D eigenvalue weighted by Crippen LogP contribution is -2.31. The fraction of sp³-hybridized carbons (Fsp3) is 0.562. The second-order valence-electron chi connectivity index (χ2n) is 5.58. The summed E-state index contributed by atoms with van der Waals surface area (Å²) >= 11 is 1.74. The lowest BCUT2D eigenvalue weighted by molar-refractivity contribution is -0.118. The molecule has 116 valence electrons. The van der Waals surface area contributed by atoms with Gasteiger partial charge in [0.15, 0.2) is 0 Å². The zero-order chi connectivity index (χ0) is 15.2. The Bertz CT molecular complexity index is 478. The Labute approximate surface area is 130 Å². The van der Waals surface area contributed by atoms with Crippen LogP contribution in [0.4, 0.5) is 4.39 Å². The Morgan fingerprint density at radius 2 is 1.95 bits per heavy atom. The number of halogens is 1. The molecule has 21 heavy (non-hydrogen) atoms. The van der Waals surface area contributed by atoms with Crippen molar-refractivity contribution < 1.29 is 9.18 Å². The largest absolute Gasteiger partial charge is 0.351 e. The molecule has 0 bridgehead atoms. The van der Waals surface area contributed by atoms with Gasteiger partial charge in [-0.3, -0.25) is 4.79 Å². The van der Waals surface area contributed by atoms with E-state index >= 15 is 0 Å². The van der Waals surface area contributed by atoms with Crippen molar-refractivity contribution >= 4 is 17.7 Å². The predicted octanol–water partition coefficient (Wildman–Crippen LogP) is 2.54.